The van der Waals surface area contributed by atoms with Crippen molar-refractivity contribution in [3.05, 3.63) is 0 Å². The minimum absolute atomic E-state index is 0.744. The number of rotatable bonds is 9. The first-order valence-corrected chi connectivity index (χ1v) is 7.22. The van der Waals surface area contributed by atoms with E-state index in [2.05, 4.69) is 34.6 Å². The van der Waals surface area contributed by atoms with Gasteiger partial charge in [-0.05, 0) is 43.1 Å². The van der Waals surface area contributed by atoms with E-state index >= 15 is 0 Å². The van der Waals surface area contributed by atoms with Crippen LogP contribution in [0.5, 0.6) is 0 Å². The molecule has 2 unspecified atom stereocenters. The van der Waals surface area contributed by atoms with E-state index in [0.717, 1.165) is 30.2 Å². The fourth-order valence-corrected chi connectivity index (χ4v) is 2.61. The maximum atomic E-state index is 5.97. The number of hydrogen-bond donors (Lipinski definition) is 1. The average Bonchev–Trinajstić information content (AvgIpc) is 2.22. The summed E-state index contributed by atoms with van der Waals surface area (Å²) < 4.78 is 0. The number of unbranched alkanes of at least 4 members (excludes halogenated alkanes) is 1. The normalized spacial score (nSPS) is 15.8. The first-order valence-electron chi connectivity index (χ1n) is 7.22. The lowest BCUT2D eigenvalue weighted by molar-refractivity contribution is 0.216. The van der Waals surface area contributed by atoms with Crippen molar-refractivity contribution in [1.82, 2.24) is 0 Å². The molecule has 16 heavy (non-hydrogen) atoms. The van der Waals surface area contributed by atoms with Gasteiger partial charge in [-0.25, -0.2) is 0 Å². The fourth-order valence-electron chi connectivity index (χ4n) is 2.61. The Hall–Kier alpha value is -0.0400. The highest BCUT2D eigenvalue weighted by molar-refractivity contribution is 4.74. The van der Waals surface area contributed by atoms with Crippen molar-refractivity contribution >= 4 is 0 Å². The molecule has 2 N–H and O–H groups in total. The van der Waals surface area contributed by atoms with Gasteiger partial charge in [-0.2, -0.15) is 0 Å². The van der Waals surface area contributed by atoms with Gasteiger partial charge in [0.25, 0.3) is 0 Å². The lowest BCUT2D eigenvalue weighted by atomic mass is 9.77. The molecule has 0 saturated carbocycles. The van der Waals surface area contributed by atoms with E-state index in [1.807, 2.05) is 0 Å². The molecule has 0 aliphatic rings. The highest BCUT2D eigenvalue weighted by Gasteiger charge is 2.22. The first kappa shape index (κ1) is 16.0. The van der Waals surface area contributed by atoms with Crippen molar-refractivity contribution in [2.45, 2.75) is 66.7 Å². The van der Waals surface area contributed by atoms with E-state index in [9.17, 15) is 0 Å². The van der Waals surface area contributed by atoms with Crippen molar-refractivity contribution in [1.29, 1.82) is 0 Å². The zero-order valence-electron chi connectivity index (χ0n) is 12.1. The van der Waals surface area contributed by atoms with Crippen LogP contribution in [0.15, 0.2) is 0 Å². The summed E-state index contributed by atoms with van der Waals surface area (Å²) in [5, 5.41) is 0. The Morgan fingerprint density at radius 2 is 1.56 bits per heavy atom. The molecule has 2 atom stereocenters. The van der Waals surface area contributed by atoms with E-state index in [-0.39, 0.29) is 0 Å². The van der Waals surface area contributed by atoms with Gasteiger partial charge in [0.1, 0.15) is 0 Å². The molecule has 1 nitrogen and oxygen atoms in total. The molecule has 0 bridgehead atoms. The molecule has 1 heteroatoms. The average molecular weight is 227 g/mol. The Morgan fingerprint density at radius 3 is 1.94 bits per heavy atom. The molecule has 98 valence electrons. The smallest absolute Gasteiger partial charge is 0.00461 e. The van der Waals surface area contributed by atoms with Crippen molar-refractivity contribution < 1.29 is 0 Å². The third-order valence-electron chi connectivity index (χ3n) is 3.77. The summed E-state index contributed by atoms with van der Waals surface area (Å²) in [6, 6.07) is 0. The van der Waals surface area contributed by atoms with E-state index < -0.39 is 0 Å². The van der Waals surface area contributed by atoms with Crippen LogP contribution in [0.25, 0.3) is 0 Å². The predicted molar refractivity (Wildman–Crippen MR) is 74.5 cm³/mol. The summed E-state index contributed by atoms with van der Waals surface area (Å²) in [6.45, 7) is 12.5. The molecule has 0 fully saturated rings. The lowest BCUT2D eigenvalue weighted by Crippen LogP contribution is -2.27. The molecule has 0 saturated heterocycles. The molecule has 0 amide bonds. The lowest BCUT2D eigenvalue weighted by Gasteiger charge is -2.30. The third kappa shape index (κ3) is 6.52. The summed E-state index contributed by atoms with van der Waals surface area (Å²) in [5.41, 5.74) is 5.97. The molecule has 0 aliphatic heterocycles. The standard InChI is InChI=1S/C15H33N/c1-6-7-8-15(13(4)5)14(11-16)10-9-12(2)3/h12-15H,6-11,16H2,1-5H3. The van der Waals surface area contributed by atoms with Gasteiger partial charge in [-0.15, -0.1) is 0 Å². The topological polar surface area (TPSA) is 26.0 Å². The number of nitrogens with two attached hydrogens (primary N) is 1. The van der Waals surface area contributed by atoms with Crippen LogP contribution in [0.1, 0.15) is 66.7 Å². The van der Waals surface area contributed by atoms with Gasteiger partial charge in [0.2, 0.25) is 0 Å². The Bertz CT molecular complexity index is 152. The molecular weight excluding hydrogens is 194 g/mol. The maximum Gasteiger partial charge on any atom is -0.00461 e. The Labute approximate surface area is 103 Å². The molecule has 0 heterocycles. The SMILES string of the molecule is CCCCC(C(C)C)C(CN)CCC(C)C. The zero-order valence-corrected chi connectivity index (χ0v) is 12.1. The fraction of sp³-hybridized carbons (Fsp3) is 1.00. The van der Waals surface area contributed by atoms with E-state index in [1.165, 1.54) is 32.1 Å². The highest BCUT2D eigenvalue weighted by atomic mass is 14.6. The van der Waals surface area contributed by atoms with Crippen molar-refractivity contribution in [2.75, 3.05) is 6.54 Å². The van der Waals surface area contributed by atoms with Crippen LogP contribution in [-0.4, -0.2) is 6.54 Å². The minimum Gasteiger partial charge on any atom is -0.330 e. The van der Waals surface area contributed by atoms with Crippen LogP contribution in [0.3, 0.4) is 0 Å². The Morgan fingerprint density at radius 1 is 0.938 bits per heavy atom. The van der Waals surface area contributed by atoms with Crippen LogP contribution in [0.2, 0.25) is 0 Å². The molecular formula is C15H33N. The van der Waals surface area contributed by atoms with Crippen LogP contribution in [0, 0.1) is 23.7 Å². The molecule has 0 radical (unpaired) electrons. The quantitative estimate of drug-likeness (QED) is 0.618. The monoisotopic (exact) mass is 227 g/mol. The van der Waals surface area contributed by atoms with Crippen LogP contribution >= 0.6 is 0 Å². The van der Waals surface area contributed by atoms with E-state index in [0.29, 0.717) is 0 Å². The highest BCUT2D eigenvalue weighted by Crippen LogP contribution is 2.30. The predicted octanol–water partition coefficient (Wildman–Crippen LogP) is 4.46. The second kappa shape index (κ2) is 9.04. The summed E-state index contributed by atoms with van der Waals surface area (Å²) >= 11 is 0. The second-order valence-electron chi connectivity index (χ2n) is 6.02. The van der Waals surface area contributed by atoms with Gasteiger partial charge >= 0.3 is 0 Å². The van der Waals surface area contributed by atoms with E-state index in [1.54, 1.807) is 0 Å². The van der Waals surface area contributed by atoms with Crippen LogP contribution in [0.4, 0.5) is 0 Å². The van der Waals surface area contributed by atoms with Crippen LogP contribution in [-0.2, 0) is 0 Å². The van der Waals surface area contributed by atoms with Gasteiger partial charge in [0.05, 0.1) is 0 Å². The third-order valence-corrected chi connectivity index (χ3v) is 3.77. The molecule has 0 spiro atoms. The first-order chi connectivity index (χ1) is 7.52. The Balaban J connectivity index is 4.21. The summed E-state index contributed by atoms with van der Waals surface area (Å²) in [7, 11) is 0. The summed E-state index contributed by atoms with van der Waals surface area (Å²) in [4.78, 5) is 0. The van der Waals surface area contributed by atoms with E-state index in [4.69, 9.17) is 5.73 Å². The summed E-state index contributed by atoms with van der Waals surface area (Å²) in [6.07, 6.45) is 6.69. The maximum absolute atomic E-state index is 5.97. The van der Waals surface area contributed by atoms with Gasteiger partial charge in [0.15, 0.2) is 0 Å². The van der Waals surface area contributed by atoms with Crippen LogP contribution < -0.4 is 5.73 Å². The molecule has 0 aromatic heterocycles. The second-order valence-corrected chi connectivity index (χ2v) is 6.02. The van der Waals surface area contributed by atoms with Crippen molar-refractivity contribution in [3.63, 3.8) is 0 Å². The molecule has 0 aromatic carbocycles. The minimum atomic E-state index is 0.744. The van der Waals surface area contributed by atoms with Gasteiger partial charge in [0, 0.05) is 0 Å². The van der Waals surface area contributed by atoms with Crippen molar-refractivity contribution in [3.8, 4) is 0 Å². The largest absolute Gasteiger partial charge is 0.330 e. The molecule has 0 aliphatic carbocycles. The van der Waals surface area contributed by atoms with Gasteiger partial charge in [-0.3, -0.25) is 0 Å². The van der Waals surface area contributed by atoms with Gasteiger partial charge in [-0.1, -0.05) is 53.9 Å². The zero-order chi connectivity index (χ0) is 12.6. The molecule has 0 aromatic rings. The molecule has 0 rings (SSSR count). The van der Waals surface area contributed by atoms with Crippen molar-refractivity contribution in [2.24, 2.45) is 29.4 Å². The number of hydrogen-bond acceptors (Lipinski definition) is 1. The summed E-state index contributed by atoms with van der Waals surface area (Å²) in [5.74, 6) is 3.18. The van der Waals surface area contributed by atoms with Gasteiger partial charge < -0.3 is 5.73 Å². The Kier molecular flexibility index (Phi) is 9.02.